The Hall–Kier alpha value is -1.59. The number of nitrogens with two attached hydrogens (primary N) is 1. The van der Waals surface area contributed by atoms with Gasteiger partial charge in [-0.05, 0) is 12.5 Å². The molecule has 2 rings (SSSR count). The fourth-order valence-electron chi connectivity index (χ4n) is 2.46. The van der Waals surface area contributed by atoms with Crippen LogP contribution in [0.15, 0.2) is 30.3 Å². The summed E-state index contributed by atoms with van der Waals surface area (Å²) in [7, 11) is 0. The number of benzene rings is 1. The van der Waals surface area contributed by atoms with E-state index in [2.05, 4.69) is 0 Å². The van der Waals surface area contributed by atoms with E-state index in [1.165, 1.54) is 0 Å². The first-order valence-electron chi connectivity index (χ1n) is 6.82. The van der Waals surface area contributed by atoms with Crippen LogP contribution in [0.25, 0.3) is 0 Å². The molecule has 0 bridgehead atoms. The van der Waals surface area contributed by atoms with E-state index in [4.69, 9.17) is 5.73 Å². The quantitative estimate of drug-likeness (QED) is 0.885. The molecule has 0 radical (unpaired) electrons. The minimum Gasteiger partial charge on any atom is -0.339 e. The third-order valence-corrected chi connectivity index (χ3v) is 3.83. The van der Waals surface area contributed by atoms with Crippen molar-refractivity contribution in [2.24, 2.45) is 5.73 Å². The Balaban J connectivity index is 0.00000220. The third kappa shape index (κ3) is 3.74. The molecule has 1 heterocycles. The lowest BCUT2D eigenvalue weighted by molar-refractivity contribution is -0.142. The van der Waals surface area contributed by atoms with Gasteiger partial charge in [-0.3, -0.25) is 9.59 Å². The van der Waals surface area contributed by atoms with Crippen molar-refractivity contribution in [2.75, 3.05) is 26.2 Å². The summed E-state index contributed by atoms with van der Waals surface area (Å²) in [5.74, 6) is -0.0393. The zero-order valence-corrected chi connectivity index (χ0v) is 13.2. The van der Waals surface area contributed by atoms with E-state index >= 15 is 0 Å². The van der Waals surface area contributed by atoms with Crippen LogP contribution in [0, 0.1) is 0 Å². The third-order valence-electron chi connectivity index (χ3n) is 3.83. The molecule has 5 nitrogen and oxygen atoms in total. The van der Waals surface area contributed by atoms with Gasteiger partial charge >= 0.3 is 0 Å². The van der Waals surface area contributed by atoms with Crippen molar-refractivity contribution in [3.05, 3.63) is 35.9 Å². The van der Waals surface area contributed by atoms with Gasteiger partial charge in [0.1, 0.15) is 5.54 Å². The maximum atomic E-state index is 12.6. The molecule has 1 unspecified atom stereocenters. The molecule has 0 aliphatic carbocycles. The Kier molecular flexibility index (Phi) is 5.75. The number of piperazine rings is 1. The van der Waals surface area contributed by atoms with Crippen LogP contribution in [0.5, 0.6) is 0 Å². The molecule has 1 aromatic rings. The number of rotatable bonds is 2. The molecule has 2 N–H and O–H groups in total. The average Bonchev–Trinajstić information content (AvgIpc) is 2.47. The molecule has 1 aromatic carbocycles. The van der Waals surface area contributed by atoms with Gasteiger partial charge in [0.15, 0.2) is 0 Å². The predicted molar refractivity (Wildman–Crippen MR) is 84.1 cm³/mol. The van der Waals surface area contributed by atoms with Crippen molar-refractivity contribution in [2.45, 2.75) is 19.4 Å². The molecular formula is C15H22ClN3O2. The first-order valence-corrected chi connectivity index (χ1v) is 6.82. The fraction of sp³-hybridized carbons (Fsp3) is 0.467. The van der Waals surface area contributed by atoms with Crippen LogP contribution in [0.3, 0.4) is 0 Å². The smallest absolute Gasteiger partial charge is 0.247 e. The van der Waals surface area contributed by atoms with E-state index in [0.29, 0.717) is 26.2 Å². The Labute approximate surface area is 131 Å². The Morgan fingerprint density at radius 2 is 1.52 bits per heavy atom. The summed E-state index contributed by atoms with van der Waals surface area (Å²) in [5, 5.41) is 0. The van der Waals surface area contributed by atoms with Crippen molar-refractivity contribution < 1.29 is 9.59 Å². The molecule has 116 valence electrons. The predicted octanol–water partition coefficient (Wildman–Crippen LogP) is 0.973. The van der Waals surface area contributed by atoms with Gasteiger partial charge in [0.05, 0.1) is 0 Å². The number of carbonyl (C=O) groups excluding carboxylic acids is 2. The minimum absolute atomic E-state index is 0. The molecule has 0 aromatic heterocycles. The molecule has 1 saturated heterocycles. The number of amides is 2. The topological polar surface area (TPSA) is 66.6 Å². The largest absolute Gasteiger partial charge is 0.339 e. The lowest BCUT2D eigenvalue weighted by Crippen LogP contribution is -2.57. The Bertz CT molecular complexity index is 497. The maximum Gasteiger partial charge on any atom is 0.247 e. The molecule has 1 aliphatic rings. The van der Waals surface area contributed by atoms with E-state index in [1.807, 2.05) is 30.3 Å². The Morgan fingerprint density at radius 3 is 2.00 bits per heavy atom. The number of carbonyl (C=O) groups is 2. The highest BCUT2D eigenvalue weighted by Crippen LogP contribution is 2.21. The van der Waals surface area contributed by atoms with Crippen LogP contribution in [-0.2, 0) is 15.1 Å². The second-order valence-corrected chi connectivity index (χ2v) is 5.37. The van der Waals surface area contributed by atoms with Crippen molar-refractivity contribution in [1.82, 2.24) is 9.80 Å². The van der Waals surface area contributed by atoms with Gasteiger partial charge in [0.2, 0.25) is 11.8 Å². The summed E-state index contributed by atoms with van der Waals surface area (Å²) in [6.07, 6.45) is 0. The first kappa shape index (κ1) is 17.5. The van der Waals surface area contributed by atoms with Crippen LogP contribution < -0.4 is 5.73 Å². The highest BCUT2D eigenvalue weighted by atomic mass is 35.5. The van der Waals surface area contributed by atoms with Crippen LogP contribution in [-0.4, -0.2) is 47.8 Å². The van der Waals surface area contributed by atoms with Crippen molar-refractivity contribution in [3.8, 4) is 0 Å². The molecular weight excluding hydrogens is 290 g/mol. The van der Waals surface area contributed by atoms with Crippen LogP contribution in [0.4, 0.5) is 0 Å². The van der Waals surface area contributed by atoms with E-state index < -0.39 is 5.54 Å². The summed E-state index contributed by atoms with van der Waals surface area (Å²) in [4.78, 5) is 27.4. The molecule has 21 heavy (non-hydrogen) atoms. The number of halogens is 1. The molecule has 0 spiro atoms. The van der Waals surface area contributed by atoms with Gasteiger partial charge in [-0.25, -0.2) is 0 Å². The van der Waals surface area contributed by atoms with Crippen LogP contribution in [0.1, 0.15) is 19.4 Å². The summed E-state index contributed by atoms with van der Waals surface area (Å²) in [6.45, 7) is 5.52. The summed E-state index contributed by atoms with van der Waals surface area (Å²) < 4.78 is 0. The Morgan fingerprint density at radius 1 is 1.05 bits per heavy atom. The summed E-state index contributed by atoms with van der Waals surface area (Å²) in [5.41, 5.74) is 6.01. The van der Waals surface area contributed by atoms with Gasteiger partial charge in [0, 0.05) is 33.1 Å². The standard InChI is InChI=1S/C15H21N3O2.ClH/c1-12(19)17-8-10-18(11-9-17)14(20)15(2,16)13-6-4-3-5-7-13;/h3-7H,8-11,16H2,1-2H3;1H. The minimum atomic E-state index is -1.03. The van der Waals surface area contributed by atoms with Gasteiger partial charge in [-0.2, -0.15) is 0 Å². The molecule has 1 atom stereocenters. The highest BCUT2D eigenvalue weighted by molar-refractivity contribution is 5.87. The van der Waals surface area contributed by atoms with Crippen LogP contribution >= 0.6 is 12.4 Å². The highest BCUT2D eigenvalue weighted by Gasteiger charge is 2.35. The van der Waals surface area contributed by atoms with Crippen molar-refractivity contribution in [3.63, 3.8) is 0 Å². The zero-order chi connectivity index (χ0) is 14.8. The maximum absolute atomic E-state index is 12.6. The fourth-order valence-corrected chi connectivity index (χ4v) is 2.46. The SMILES string of the molecule is CC(=O)N1CCN(C(=O)C(C)(N)c2ccccc2)CC1.Cl. The second kappa shape index (κ2) is 6.91. The summed E-state index contributed by atoms with van der Waals surface area (Å²) >= 11 is 0. The summed E-state index contributed by atoms with van der Waals surface area (Å²) in [6, 6.07) is 9.38. The van der Waals surface area contributed by atoms with E-state index in [-0.39, 0.29) is 24.2 Å². The number of nitrogens with zero attached hydrogens (tertiary/aromatic N) is 2. The average molecular weight is 312 g/mol. The number of hydrogen-bond donors (Lipinski definition) is 1. The molecule has 0 saturated carbocycles. The van der Waals surface area contributed by atoms with Crippen LogP contribution in [0.2, 0.25) is 0 Å². The lowest BCUT2D eigenvalue weighted by atomic mass is 9.91. The van der Waals surface area contributed by atoms with E-state index in [0.717, 1.165) is 5.56 Å². The first-order chi connectivity index (χ1) is 9.43. The number of hydrogen-bond acceptors (Lipinski definition) is 3. The second-order valence-electron chi connectivity index (χ2n) is 5.37. The van der Waals surface area contributed by atoms with Gasteiger partial charge in [-0.15, -0.1) is 12.4 Å². The van der Waals surface area contributed by atoms with Gasteiger partial charge < -0.3 is 15.5 Å². The molecule has 2 amide bonds. The zero-order valence-electron chi connectivity index (χ0n) is 12.4. The van der Waals surface area contributed by atoms with Gasteiger partial charge in [0.25, 0.3) is 0 Å². The lowest BCUT2D eigenvalue weighted by Gasteiger charge is -2.38. The molecule has 6 heteroatoms. The van der Waals surface area contributed by atoms with Crippen molar-refractivity contribution in [1.29, 1.82) is 0 Å². The molecule has 1 fully saturated rings. The van der Waals surface area contributed by atoms with Crippen molar-refractivity contribution >= 4 is 24.2 Å². The monoisotopic (exact) mass is 311 g/mol. The van der Waals surface area contributed by atoms with Gasteiger partial charge in [-0.1, -0.05) is 30.3 Å². The normalized spacial score (nSPS) is 17.7. The molecule has 1 aliphatic heterocycles. The van der Waals surface area contributed by atoms with E-state index in [9.17, 15) is 9.59 Å². The van der Waals surface area contributed by atoms with E-state index in [1.54, 1.807) is 23.6 Å².